The van der Waals surface area contributed by atoms with Crippen LogP contribution in [0.1, 0.15) is 5.56 Å². The van der Waals surface area contributed by atoms with Gasteiger partial charge in [-0.1, -0.05) is 17.7 Å². The van der Waals surface area contributed by atoms with Crippen LogP contribution >= 0.6 is 11.6 Å². The van der Waals surface area contributed by atoms with Gasteiger partial charge in [-0.25, -0.2) is 4.99 Å². The zero-order valence-corrected chi connectivity index (χ0v) is 10.8. The van der Waals surface area contributed by atoms with E-state index in [1.807, 2.05) is 6.07 Å². The number of rotatable bonds is 2. The first-order valence-electron chi connectivity index (χ1n) is 5.52. The smallest absolute Gasteiger partial charge is 0.150 e. The lowest BCUT2D eigenvalue weighted by atomic mass is 9.96. The number of nitrogens with one attached hydrogen (secondary N) is 1. The molecule has 0 amide bonds. The molecule has 0 saturated carbocycles. The lowest BCUT2D eigenvalue weighted by Crippen LogP contribution is -2.46. The quantitative estimate of drug-likeness (QED) is 0.588. The Labute approximate surface area is 115 Å². The van der Waals surface area contributed by atoms with E-state index in [-0.39, 0.29) is 18.0 Å². The maximum absolute atomic E-state index is 9.01. The second-order valence-electron chi connectivity index (χ2n) is 4.10. The number of halogens is 1. The zero-order valence-electron chi connectivity index (χ0n) is 10.0. The Balaban J connectivity index is 2.59. The first kappa shape index (κ1) is 13.4. The molecule has 1 atom stereocenters. The first-order chi connectivity index (χ1) is 9.04. The van der Waals surface area contributed by atoms with E-state index in [1.165, 1.54) is 0 Å². The summed E-state index contributed by atoms with van der Waals surface area (Å²) in [6, 6.07) is 7.12. The fraction of sp³-hybridized carbons (Fsp3) is 0.167. The van der Waals surface area contributed by atoms with Crippen LogP contribution in [-0.4, -0.2) is 12.4 Å². The van der Waals surface area contributed by atoms with E-state index in [2.05, 4.69) is 10.3 Å². The van der Waals surface area contributed by atoms with Gasteiger partial charge in [0.15, 0.2) is 5.66 Å². The third-order valence-electron chi connectivity index (χ3n) is 2.87. The summed E-state index contributed by atoms with van der Waals surface area (Å²) < 4.78 is 0. The topological polar surface area (TPSA) is 126 Å². The summed E-state index contributed by atoms with van der Waals surface area (Å²) >= 11 is 5.95. The Kier molecular flexibility index (Phi) is 3.44. The monoisotopic (exact) mass is 276 g/mol. The minimum absolute atomic E-state index is 0.0933. The highest BCUT2D eigenvalue weighted by atomic mass is 35.5. The number of nitrogens with zero attached hydrogens (tertiary/aromatic N) is 2. The Morgan fingerprint density at radius 1 is 1.58 bits per heavy atom. The Bertz CT molecular complexity index is 615. The molecule has 7 N–H and O–H groups in total. The normalized spacial score (nSPS) is 22.0. The molecule has 0 fully saturated rings. The standard InChI is InChI=1S/C12H13ClN6/c13-8-1-2-9-10(3-8)18-11(7(4-14)5-15)19-12(9,17)6-16/h1-4H,6,14,16-17H2,(H,18,19). The minimum atomic E-state index is -1.11. The molecule has 0 aromatic heterocycles. The molecule has 1 aromatic rings. The van der Waals surface area contributed by atoms with Gasteiger partial charge in [0.1, 0.15) is 17.5 Å². The summed E-state index contributed by atoms with van der Waals surface area (Å²) in [7, 11) is 0. The number of hydrogen-bond acceptors (Lipinski definition) is 6. The molecule has 0 radical (unpaired) electrons. The molecule has 1 aliphatic heterocycles. The second kappa shape index (κ2) is 4.90. The van der Waals surface area contributed by atoms with Crippen LogP contribution in [0.4, 0.5) is 5.69 Å². The number of hydrogen-bond donors (Lipinski definition) is 4. The third kappa shape index (κ3) is 2.27. The molecule has 98 valence electrons. The Hall–Kier alpha value is -2.07. The van der Waals surface area contributed by atoms with E-state index in [1.54, 1.807) is 18.2 Å². The third-order valence-corrected chi connectivity index (χ3v) is 3.10. The fourth-order valence-corrected chi connectivity index (χ4v) is 2.04. The van der Waals surface area contributed by atoms with Crippen molar-refractivity contribution in [1.29, 1.82) is 5.26 Å². The summed E-state index contributed by atoms with van der Waals surface area (Å²) in [5, 5.41) is 12.5. The predicted octanol–water partition coefficient (Wildman–Crippen LogP) is 0.600. The minimum Gasteiger partial charge on any atom is -0.403 e. The van der Waals surface area contributed by atoms with Crippen molar-refractivity contribution in [1.82, 2.24) is 0 Å². The van der Waals surface area contributed by atoms with Gasteiger partial charge in [-0.3, -0.25) is 0 Å². The molecule has 1 aliphatic rings. The van der Waals surface area contributed by atoms with Gasteiger partial charge in [-0.05, 0) is 12.1 Å². The van der Waals surface area contributed by atoms with E-state index in [0.29, 0.717) is 10.7 Å². The van der Waals surface area contributed by atoms with Gasteiger partial charge in [0.05, 0.1) is 0 Å². The molecular weight excluding hydrogens is 264 g/mol. The van der Waals surface area contributed by atoms with E-state index in [4.69, 9.17) is 34.1 Å². The van der Waals surface area contributed by atoms with Crippen LogP contribution in [0, 0.1) is 11.3 Å². The van der Waals surface area contributed by atoms with Crippen LogP contribution in [-0.2, 0) is 5.66 Å². The SMILES string of the molecule is N#CC(=CN)C1=NC(N)(CN)c2ccc(Cl)cc2N1. The fourth-order valence-electron chi connectivity index (χ4n) is 1.86. The lowest BCUT2D eigenvalue weighted by Gasteiger charge is -2.32. The molecule has 1 aromatic carbocycles. The first-order valence-corrected chi connectivity index (χ1v) is 5.90. The van der Waals surface area contributed by atoms with Crippen LogP contribution < -0.4 is 22.5 Å². The predicted molar refractivity (Wildman–Crippen MR) is 75.3 cm³/mol. The molecule has 1 heterocycles. The summed E-state index contributed by atoms with van der Waals surface area (Å²) in [5.74, 6) is 0.285. The summed E-state index contributed by atoms with van der Waals surface area (Å²) in [5.41, 5.74) is 17.8. The van der Waals surface area contributed by atoms with E-state index in [0.717, 1.165) is 11.8 Å². The van der Waals surface area contributed by atoms with Gasteiger partial charge in [0, 0.05) is 29.0 Å². The molecular formula is C12H13ClN6. The second-order valence-corrected chi connectivity index (χ2v) is 4.53. The summed E-state index contributed by atoms with van der Waals surface area (Å²) in [4.78, 5) is 4.29. The number of aliphatic imine (C=N–C) groups is 1. The van der Waals surface area contributed by atoms with E-state index < -0.39 is 5.66 Å². The molecule has 19 heavy (non-hydrogen) atoms. The average Bonchev–Trinajstić information content (AvgIpc) is 2.39. The van der Waals surface area contributed by atoms with Gasteiger partial charge in [-0.15, -0.1) is 0 Å². The zero-order chi connectivity index (χ0) is 14.0. The summed E-state index contributed by atoms with van der Waals surface area (Å²) in [6.07, 6.45) is 1.16. The van der Waals surface area contributed by atoms with Gasteiger partial charge in [0.2, 0.25) is 0 Å². The van der Waals surface area contributed by atoms with Crippen LogP contribution in [0.15, 0.2) is 35.0 Å². The largest absolute Gasteiger partial charge is 0.403 e. The molecule has 2 rings (SSSR count). The number of nitriles is 1. The molecule has 0 saturated heterocycles. The highest BCUT2D eigenvalue weighted by Gasteiger charge is 2.33. The number of nitrogens with two attached hydrogens (primary N) is 3. The summed E-state index contributed by atoms with van der Waals surface area (Å²) in [6.45, 7) is 0.0933. The molecule has 6 nitrogen and oxygen atoms in total. The van der Waals surface area contributed by atoms with Crippen molar-refractivity contribution < 1.29 is 0 Å². The maximum atomic E-state index is 9.01. The highest BCUT2D eigenvalue weighted by molar-refractivity contribution is 6.31. The van der Waals surface area contributed by atoms with Crippen molar-refractivity contribution >= 4 is 23.1 Å². The van der Waals surface area contributed by atoms with Crippen LogP contribution in [0.5, 0.6) is 0 Å². The number of fused-ring (bicyclic) bond motifs is 1. The molecule has 0 spiro atoms. The average molecular weight is 277 g/mol. The van der Waals surface area contributed by atoms with Crippen molar-refractivity contribution in [3.8, 4) is 6.07 Å². The number of benzene rings is 1. The van der Waals surface area contributed by atoms with Crippen LogP contribution in [0.2, 0.25) is 5.02 Å². The van der Waals surface area contributed by atoms with Gasteiger partial charge >= 0.3 is 0 Å². The maximum Gasteiger partial charge on any atom is 0.150 e. The number of amidine groups is 1. The van der Waals surface area contributed by atoms with Crippen molar-refractivity contribution in [3.05, 3.63) is 40.6 Å². The van der Waals surface area contributed by atoms with Gasteiger partial charge in [0.25, 0.3) is 0 Å². The van der Waals surface area contributed by atoms with Crippen molar-refractivity contribution in [2.45, 2.75) is 5.66 Å². The van der Waals surface area contributed by atoms with Crippen molar-refractivity contribution in [2.24, 2.45) is 22.2 Å². The van der Waals surface area contributed by atoms with Crippen LogP contribution in [0.3, 0.4) is 0 Å². The van der Waals surface area contributed by atoms with Gasteiger partial charge in [-0.2, -0.15) is 5.26 Å². The Morgan fingerprint density at radius 3 is 2.89 bits per heavy atom. The lowest BCUT2D eigenvalue weighted by molar-refractivity contribution is 0.479. The van der Waals surface area contributed by atoms with Crippen molar-refractivity contribution in [2.75, 3.05) is 11.9 Å². The molecule has 7 heteroatoms. The van der Waals surface area contributed by atoms with E-state index in [9.17, 15) is 0 Å². The van der Waals surface area contributed by atoms with Gasteiger partial charge < -0.3 is 22.5 Å². The Morgan fingerprint density at radius 2 is 2.32 bits per heavy atom. The highest BCUT2D eigenvalue weighted by Crippen LogP contribution is 2.33. The number of anilines is 1. The van der Waals surface area contributed by atoms with Crippen LogP contribution in [0.25, 0.3) is 0 Å². The van der Waals surface area contributed by atoms with E-state index >= 15 is 0 Å². The molecule has 1 unspecified atom stereocenters. The molecule has 0 aliphatic carbocycles. The molecule has 0 bridgehead atoms. The van der Waals surface area contributed by atoms with Crippen molar-refractivity contribution in [3.63, 3.8) is 0 Å².